The molecule has 0 aromatic heterocycles. The quantitative estimate of drug-likeness (QED) is 0.602. The molecule has 0 unspecified atom stereocenters. The van der Waals surface area contributed by atoms with Gasteiger partial charge in [-0.15, -0.1) is 0 Å². The molecule has 0 atom stereocenters. The maximum Gasteiger partial charge on any atom is 0.229 e. The third-order valence-electron chi connectivity index (χ3n) is 1.50. The van der Waals surface area contributed by atoms with Crippen molar-refractivity contribution < 1.29 is 4.79 Å². The lowest BCUT2D eigenvalue weighted by Crippen LogP contribution is -2.33. The standard InChI is InChI=1S/C10H12N2O/c1-10(2,3)9(13)12-8-5-4-6-11-7-8/h5,7H,1-3H3,(H,12,13). The molecule has 3 heteroatoms. The minimum atomic E-state index is -0.389. The van der Waals surface area contributed by atoms with Crippen LogP contribution in [0.15, 0.2) is 28.7 Å². The minimum Gasteiger partial charge on any atom is -0.324 e. The maximum absolute atomic E-state index is 11.5. The summed E-state index contributed by atoms with van der Waals surface area (Å²) in [5, 5.41) is 2.73. The fourth-order valence-corrected chi connectivity index (χ4v) is 0.673. The number of nitrogens with zero attached hydrogens (tertiary/aromatic N) is 1. The zero-order chi connectivity index (χ0) is 9.90. The molecule has 0 aromatic carbocycles. The summed E-state index contributed by atoms with van der Waals surface area (Å²) >= 11 is 0. The highest BCUT2D eigenvalue weighted by molar-refractivity contribution is 5.83. The van der Waals surface area contributed by atoms with Crippen LogP contribution in [0.25, 0.3) is 0 Å². The molecule has 1 amide bonds. The van der Waals surface area contributed by atoms with Gasteiger partial charge in [-0.05, 0) is 5.73 Å². The van der Waals surface area contributed by atoms with Gasteiger partial charge in [-0.2, -0.15) is 0 Å². The summed E-state index contributed by atoms with van der Waals surface area (Å²) in [5.41, 5.74) is 2.93. The number of amides is 1. The molecule has 1 aliphatic rings. The number of aliphatic imine (C=N–C) groups is 1. The van der Waals surface area contributed by atoms with Crippen molar-refractivity contribution in [2.24, 2.45) is 10.4 Å². The van der Waals surface area contributed by atoms with Gasteiger partial charge in [-0.3, -0.25) is 4.79 Å². The second-order valence-corrected chi connectivity index (χ2v) is 3.82. The van der Waals surface area contributed by atoms with E-state index in [0.29, 0.717) is 5.70 Å². The zero-order valence-electron chi connectivity index (χ0n) is 8.01. The molecule has 0 bridgehead atoms. The number of carbonyl (C=O) groups is 1. The van der Waals surface area contributed by atoms with E-state index >= 15 is 0 Å². The van der Waals surface area contributed by atoms with Crippen LogP contribution in [0.1, 0.15) is 20.8 Å². The Morgan fingerprint density at radius 2 is 2.23 bits per heavy atom. The predicted octanol–water partition coefficient (Wildman–Crippen LogP) is 1.38. The number of hydrogen-bond donors (Lipinski definition) is 1. The van der Waals surface area contributed by atoms with E-state index in [1.165, 1.54) is 0 Å². The molecule has 1 rings (SSSR count). The van der Waals surface area contributed by atoms with Crippen molar-refractivity contribution >= 4 is 11.8 Å². The Kier molecular flexibility index (Phi) is 2.52. The van der Waals surface area contributed by atoms with Crippen molar-refractivity contribution in [2.75, 3.05) is 0 Å². The van der Waals surface area contributed by atoms with Gasteiger partial charge in [0, 0.05) is 17.4 Å². The fraction of sp³-hybridized carbons (Fsp3) is 0.400. The van der Waals surface area contributed by atoms with Crippen LogP contribution in [-0.4, -0.2) is 11.8 Å². The number of allylic oxidation sites excluding steroid dienone is 1. The number of hydrogen-bond acceptors (Lipinski definition) is 2. The summed E-state index contributed by atoms with van der Waals surface area (Å²) in [4.78, 5) is 15.2. The average Bonchev–Trinajstić information content (AvgIpc) is 2.04. The number of carbonyl (C=O) groups excluding carboxylic acids is 1. The second kappa shape index (κ2) is 3.44. The molecule has 0 saturated carbocycles. The molecule has 13 heavy (non-hydrogen) atoms. The Labute approximate surface area is 77.6 Å². The highest BCUT2D eigenvalue weighted by Gasteiger charge is 2.21. The molecule has 0 aromatic rings. The van der Waals surface area contributed by atoms with Crippen LogP contribution in [0.2, 0.25) is 0 Å². The number of nitrogens with one attached hydrogen (secondary N) is 1. The molecule has 3 nitrogen and oxygen atoms in total. The molecule has 0 saturated heterocycles. The first kappa shape index (κ1) is 9.53. The van der Waals surface area contributed by atoms with Crippen LogP contribution < -0.4 is 5.32 Å². The van der Waals surface area contributed by atoms with E-state index < -0.39 is 0 Å². The summed E-state index contributed by atoms with van der Waals surface area (Å²) in [6.45, 7) is 5.57. The van der Waals surface area contributed by atoms with Crippen LogP contribution in [0.5, 0.6) is 0 Å². The van der Waals surface area contributed by atoms with Crippen molar-refractivity contribution in [1.29, 1.82) is 0 Å². The molecular weight excluding hydrogens is 164 g/mol. The lowest BCUT2D eigenvalue weighted by Gasteiger charge is -2.17. The Hall–Kier alpha value is -1.56. The second-order valence-electron chi connectivity index (χ2n) is 3.82. The van der Waals surface area contributed by atoms with E-state index in [9.17, 15) is 4.79 Å². The average molecular weight is 176 g/mol. The monoisotopic (exact) mass is 176 g/mol. The maximum atomic E-state index is 11.5. The summed E-state index contributed by atoms with van der Waals surface area (Å²) in [6.07, 6.45) is 3.18. The molecule has 68 valence electrons. The van der Waals surface area contributed by atoms with E-state index in [-0.39, 0.29) is 11.3 Å². The van der Waals surface area contributed by atoms with Crippen LogP contribution in [0, 0.1) is 5.41 Å². The van der Waals surface area contributed by atoms with Gasteiger partial charge in [0.05, 0.1) is 11.9 Å². The van der Waals surface area contributed by atoms with Gasteiger partial charge in [0.2, 0.25) is 5.91 Å². The highest BCUT2D eigenvalue weighted by Crippen LogP contribution is 2.13. The Morgan fingerprint density at radius 1 is 1.54 bits per heavy atom. The molecule has 1 N–H and O–H groups in total. The van der Waals surface area contributed by atoms with Crippen molar-refractivity contribution in [1.82, 2.24) is 5.32 Å². The molecule has 1 aliphatic heterocycles. The van der Waals surface area contributed by atoms with E-state index in [1.807, 2.05) is 20.8 Å². The van der Waals surface area contributed by atoms with Crippen molar-refractivity contribution in [3.63, 3.8) is 0 Å². The van der Waals surface area contributed by atoms with Gasteiger partial charge in [0.15, 0.2) is 0 Å². The van der Waals surface area contributed by atoms with Gasteiger partial charge < -0.3 is 5.32 Å². The molecular formula is C10H12N2O. The third-order valence-corrected chi connectivity index (χ3v) is 1.50. The molecule has 1 heterocycles. The van der Waals surface area contributed by atoms with Gasteiger partial charge in [-0.1, -0.05) is 20.8 Å². The highest BCUT2D eigenvalue weighted by atomic mass is 16.2. The normalized spacial score (nSPS) is 14.2. The summed E-state index contributed by atoms with van der Waals surface area (Å²) in [6, 6.07) is 0. The van der Waals surface area contributed by atoms with E-state index in [1.54, 1.807) is 12.3 Å². The first-order valence-electron chi connectivity index (χ1n) is 4.05. The predicted molar refractivity (Wildman–Crippen MR) is 51.2 cm³/mol. The van der Waals surface area contributed by atoms with Crippen LogP contribution >= 0.6 is 0 Å². The first-order valence-corrected chi connectivity index (χ1v) is 4.05. The van der Waals surface area contributed by atoms with E-state index in [2.05, 4.69) is 21.9 Å². The van der Waals surface area contributed by atoms with Gasteiger partial charge >= 0.3 is 0 Å². The van der Waals surface area contributed by atoms with Crippen LogP contribution in [-0.2, 0) is 4.79 Å². The molecule has 0 radical (unpaired) electrons. The van der Waals surface area contributed by atoms with E-state index in [4.69, 9.17) is 0 Å². The first-order chi connectivity index (χ1) is 6.00. The van der Waals surface area contributed by atoms with Crippen molar-refractivity contribution in [3.05, 3.63) is 23.7 Å². The summed E-state index contributed by atoms with van der Waals surface area (Å²) in [7, 11) is 0. The zero-order valence-corrected chi connectivity index (χ0v) is 8.01. The lowest BCUT2D eigenvalue weighted by molar-refractivity contribution is -0.127. The lowest BCUT2D eigenvalue weighted by atomic mass is 9.95. The summed E-state index contributed by atoms with van der Waals surface area (Å²) in [5.74, 6) is 2.49. The van der Waals surface area contributed by atoms with Crippen molar-refractivity contribution in [3.8, 4) is 0 Å². The molecule has 0 spiro atoms. The topological polar surface area (TPSA) is 41.5 Å². The minimum absolute atomic E-state index is 0.0334. The van der Waals surface area contributed by atoms with Gasteiger partial charge in [0.25, 0.3) is 0 Å². The Bertz CT molecular complexity index is 346. The SMILES string of the molecule is CC(C)(C)C(=O)NC1=CN=C=C=C1. The summed E-state index contributed by atoms with van der Waals surface area (Å²) < 4.78 is 0. The smallest absolute Gasteiger partial charge is 0.229 e. The largest absolute Gasteiger partial charge is 0.324 e. The third kappa shape index (κ3) is 2.75. The molecule has 0 aliphatic carbocycles. The molecule has 0 fully saturated rings. The number of rotatable bonds is 1. The van der Waals surface area contributed by atoms with Gasteiger partial charge in [0.1, 0.15) is 0 Å². The Morgan fingerprint density at radius 3 is 2.69 bits per heavy atom. The van der Waals surface area contributed by atoms with Gasteiger partial charge in [-0.25, -0.2) is 4.99 Å². The van der Waals surface area contributed by atoms with Crippen LogP contribution in [0.3, 0.4) is 0 Å². The Balaban J connectivity index is 2.62. The fourth-order valence-electron chi connectivity index (χ4n) is 0.673. The van der Waals surface area contributed by atoms with Crippen molar-refractivity contribution in [2.45, 2.75) is 20.8 Å². The van der Waals surface area contributed by atoms with E-state index in [0.717, 1.165) is 0 Å². The van der Waals surface area contributed by atoms with Crippen LogP contribution in [0.4, 0.5) is 0 Å².